The molecule has 0 heterocycles. The van der Waals surface area contributed by atoms with Gasteiger partial charge in [0.25, 0.3) is 0 Å². The molecule has 0 radical (unpaired) electrons. The first-order chi connectivity index (χ1) is 46.7. The molecule has 0 spiro atoms. The smallest absolute Gasteiger partial charge is 0.104 e. The Hall–Kier alpha value is -7.96. The van der Waals surface area contributed by atoms with Crippen LogP contribution in [0.15, 0.2) is 231 Å². The average Bonchev–Trinajstić information content (AvgIpc) is 0.756. The van der Waals surface area contributed by atoms with Crippen LogP contribution in [0, 0.1) is 13.8 Å². The topological polar surface area (TPSA) is 0 Å². The van der Waals surface area contributed by atoms with Crippen molar-refractivity contribution in [2.75, 3.05) is 78.5 Å². The van der Waals surface area contributed by atoms with Crippen LogP contribution in [0.2, 0.25) is 0 Å². The van der Waals surface area contributed by atoms with Gasteiger partial charge in [0.1, 0.15) is 26.2 Å². The minimum atomic E-state index is 1.04. The fraction of sp³-hybridized carbons (Fsp3) is 0.348. The van der Waals surface area contributed by atoms with E-state index in [1.54, 1.807) is 0 Å². The van der Waals surface area contributed by atoms with E-state index in [2.05, 4.69) is 327 Å². The minimum absolute atomic E-state index is 1.04. The lowest BCUT2D eigenvalue weighted by atomic mass is 9.81. The van der Waals surface area contributed by atoms with E-state index in [0.717, 1.165) is 123 Å². The van der Waals surface area contributed by atoms with Gasteiger partial charge >= 0.3 is 0 Å². The Balaban J connectivity index is 0.00000109. The molecule has 502 valence electrons. The van der Waals surface area contributed by atoms with E-state index in [1.165, 1.54) is 122 Å². The van der Waals surface area contributed by atoms with Crippen molar-refractivity contribution >= 4 is 0 Å². The molecule has 0 aliphatic carbocycles. The summed E-state index contributed by atoms with van der Waals surface area (Å²) in [6, 6.07) is 88.4. The molecular formula is C92H118N4+4. The summed E-state index contributed by atoms with van der Waals surface area (Å²) in [5, 5.41) is 0. The highest BCUT2D eigenvalue weighted by Gasteiger charge is 2.28. The van der Waals surface area contributed by atoms with Crippen LogP contribution in [0.3, 0.4) is 0 Å². The summed E-state index contributed by atoms with van der Waals surface area (Å²) < 4.78 is 4.34. The van der Waals surface area contributed by atoms with E-state index >= 15 is 0 Å². The molecule has 0 N–H and O–H groups in total. The molecule has 4 heteroatoms. The normalized spacial score (nSPS) is 11.8. The van der Waals surface area contributed by atoms with Crippen molar-refractivity contribution in [1.29, 1.82) is 0 Å². The number of quaternary nitrogens is 4. The number of nitrogens with zero attached hydrogens (tertiary/aromatic N) is 4. The molecule has 0 saturated carbocycles. The van der Waals surface area contributed by atoms with Crippen molar-refractivity contribution in [3.63, 3.8) is 0 Å². The Labute approximate surface area is 583 Å². The number of benzene rings is 10. The zero-order valence-corrected chi connectivity index (χ0v) is 62.0. The van der Waals surface area contributed by atoms with E-state index in [1.807, 2.05) is 13.8 Å². The molecule has 0 aliphatic heterocycles. The third kappa shape index (κ3) is 17.2. The molecule has 0 aliphatic rings. The van der Waals surface area contributed by atoms with Gasteiger partial charge in [-0.25, -0.2) is 0 Å². The molecule has 0 saturated heterocycles. The fourth-order valence-electron chi connectivity index (χ4n) is 14.8. The number of hydrogen-bond donors (Lipinski definition) is 0. The van der Waals surface area contributed by atoms with Gasteiger partial charge in [0.15, 0.2) is 0 Å². The predicted molar refractivity (Wildman–Crippen MR) is 420 cm³/mol. The van der Waals surface area contributed by atoms with Gasteiger partial charge in [-0.2, -0.15) is 0 Å². The highest BCUT2D eigenvalue weighted by Crippen LogP contribution is 2.49. The van der Waals surface area contributed by atoms with Crippen LogP contribution in [-0.4, -0.2) is 96.5 Å². The summed E-state index contributed by atoms with van der Waals surface area (Å²) in [5.74, 6) is 0. The largest absolute Gasteiger partial charge is 0.321 e. The van der Waals surface area contributed by atoms with Crippen molar-refractivity contribution < 1.29 is 17.9 Å². The van der Waals surface area contributed by atoms with Crippen LogP contribution in [0.1, 0.15) is 130 Å². The van der Waals surface area contributed by atoms with Gasteiger partial charge in [0, 0.05) is 22.3 Å². The fourth-order valence-corrected chi connectivity index (χ4v) is 14.8. The van der Waals surface area contributed by atoms with Gasteiger partial charge in [-0.15, -0.1) is 0 Å². The summed E-state index contributed by atoms with van der Waals surface area (Å²) >= 11 is 0. The lowest BCUT2D eigenvalue weighted by Gasteiger charge is -2.36. The third-order valence-electron chi connectivity index (χ3n) is 22.4. The molecule has 0 bridgehead atoms. The Morgan fingerprint density at radius 1 is 0.188 bits per heavy atom. The monoisotopic (exact) mass is 1280 g/mol. The second-order valence-electron chi connectivity index (χ2n) is 26.9. The molecular weight excluding hydrogens is 1160 g/mol. The van der Waals surface area contributed by atoms with Crippen molar-refractivity contribution in [1.82, 2.24) is 0 Å². The van der Waals surface area contributed by atoms with Gasteiger partial charge in [0.2, 0.25) is 0 Å². The maximum absolute atomic E-state index is 2.43. The second kappa shape index (κ2) is 34.8. The van der Waals surface area contributed by atoms with Gasteiger partial charge in [-0.1, -0.05) is 255 Å². The minimum Gasteiger partial charge on any atom is -0.321 e. The average molecular weight is 1280 g/mol. The van der Waals surface area contributed by atoms with Gasteiger partial charge < -0.3 is 17.9 Å². The van der Waals surface area contributed by atoms with E-state index in [4.69, 9.17) is 0 Å². The van der Waals surface area contributed by atoms with Gasteiger partial charge in [0.05, 0.1) is 78.5 Å². The Morgan fingerprint density at radius 3 is 0.531 bits per heavy atom. The molecule has 10 aromatic carbocycles. The van der Waals surface area contributed by atoms with Gasteiger partial charge in [-0.3, -0.25) is 0 Å². The maximum atomic E-state index is 2.43. The van der Waals surface area contributed by atoms with Crippen molar-refractivity contribution in [3.8, 4) is 89.0 Å². The Kier molecular flexibility index (Phi) is 26.8. The van der Waals surface area contributed by atoms with E-state index in [0.29, 0.717) is 0 Å². The van der Waals surface area contributed by atoms with Crippen molar-refractivity contribution in [2.45, 2.75) is 137 Å². The van der Waals surface area contributed by atoms with Crippen LogP contribution in [-0.2, 0) is 26.2 Å². The standard InChI is InChI=1S/C82H102N4.C8H10.C2H6/c1-13-83(14-2,15-3)59-63-35-43-67(44-36-63)75-55-57-77(69-47-39-65(40-48-69)61-85(19-7,20-8)21-9)81(79(75)71-31-27-25-28-32-71)73-51-53-74(54-52-73)82-78(70-49-41-66(42-50-70)62-86(22-10,23-11)24-12)58-56-76(80(82)72-33-29-26-30-34-72)68-45-37-64(38-46-68)60-84(16-4,17-5)18-6;1-7-3-5-8(2)6-4-7;1-2/h25-58H,13-24,59-62H2,1-12H3;3-6H,1-2H3;1-2H3/q+4;;. The van der Waals surface area contributed by atoms with E-state index in [-0.39, 0.29) is 0 Å². The van der Waals surface area contributed by atoms with Crippen LogP contribution in [0.5, 0.6) is 0 Å². The summed E-state index contributed by atoms with van der Waals surface area (Å²) in [4.78, 5) is 0. The quantitative estimate of drug-likeness (QED) is 0.0429. The summed E-state index contributed by atoms with van der Waals surface area (Å²) in [7, 11) is 0. The molecule has 0 aromatic heterocycles. The first-order valence-electron chi connectivity index (χ1n) is 37.0. The Bertz CT molecular complexity index is 3650. The lowest BCUT2D eigenvalue weighted by Crippen LogP contribution is -2.46. The lowest BCUT2D eigenvalue weighted by molar-refractivity contribution is -0.936. The van der Waals surface area contributed by atoms with Crippen molar-refractivity contribution in [2.24, 2.45) is 0 Å². The number of aryl methyl sites for hydroxylation is 2. The van der Waals surface area contributed by atoms with Crippen LogP contribution in [0.25, 0.3) is 89.0 Å². The first kappa shape index (κ1) is 73.8. The molecule has 4 nitrogen and oxygen atoms in total. The zero-order chi connectivity index (χ0) is 68.9. The van der Waals surface area contributed by atoms with Crippen LogP contribution >= 0.6 is 0 Å². The first-order valence-corrected chi connectivity index (χ1v) is 37.0. The summed E-state index contributed by atoms with van der Waals surface area (Å²) in [5.41, 5.74) is 28.0. The third-order valence-corrected chi connectivity index (χ3v) is 22.4. The number of hydrogen-bond acceptors (Lipinski definition) is 0. The predicted octanol–water partition coefficient (Wildman–Crippen LogP) is 23.9. The zero-order valence-electron chi connectivity index (χ0n) is 62.0. The van der Waals surface area contributed by atoms with Crippen molar-refractivity contribution in [3.05, 3.63) is 264 Å². The van der Waals surface area contributed by atoms with E-state index in [9.17, 15) is 0 Å². The molecule has 96 heavy (non-hydrogen) atoms. The highest BCUT2D eigenvalue weighted by molar-refractivity contribution is 6.04. The second-order valence-corrected chi connectivity index (χ2v) is 26.9. The molecule has 0 amide bonds. The SMILES string of the molecule is CC.CC[N+](CC)(CC)Cc1ccc(-c2ccc(-c3ccc(C[N+](CC)(CC)CC)cc3)c(-c3ccc(-c4c(-c5ccc(C[N+](CC)(CC)CC)cc5)ccc(-c5ccc(C[N+](CC)(CC)CC)cc5)c4-c4ccccc4)cc3)c2-c2ccccc2)cc1.Cc1ccc(C)cc1. The molecule has 0 fully saturated rings. The summed E-state index contributed by atoms with van der Waals surface area (Å²) in [6.07, 6.45) is 0. The summed E-state index contributed by atoms with van der Waals surface area (Å²) in [6.45, 7) is 54.0. The molecule has 0 unspecified atom stereocenters. The van der Waals surface area contributed by atoms with Crippen LogP contribution < -0.4 is 0 Å². The highest BCUT2D eigenvalue weighted by atomic mass is 15.4. The van der Waals surface area contributed by atoms with Gasteiger partial charge in [-0.05, 0) is 186 Å². The molecule has 10 rings (SSSR count). The molecule has 0 atom stereocenters. The maximum Gasteiger partial charge on any atom is 0.104 e. The van der Waals surface area contributed by atoms with E-state index < -0.39 is 0 Å². The number of rotatable bonds is 28. The Morgan fingerprint density at radius 2 is 0.354 bits per heavy atom. The van der Waals surface area contributed by atoms with Crippen LogP contribution in [0.4, 0.5) is 0 Å². The molecule has 10 aromatic rings.